The fourth-order valence-electron chi connectivity index (χ4n) is 4.14. The summed E-state index contributed by atoms with van der Waals surface area (Å²) < 4.78 is 59.1. The first-order valence-electron chi connectivity index (χ1n) is 12.6. The van der Waals surface area contributed by atoms with Crippen LogP contribution in [0.2, 0.25) is 0 Å². The number of nitrogens with zero attached hydrogens (tertiary/aromatic N) is 3. The van der Waals surface area contributed by atoms with Crippen LogP contribution in [0.1, 0.15) is 27.9 Å². The minimum atomic E-state index is -4.70. The van der Waals surface area contributed by atoms with Crippen LogP contribution in [0.5, 0.6) is 5.88 Å². The van der Waals surface area contributed by atoms with Gasteiger partial charge in [0, 0.05) is 30.5 Å². The molecule has 2 aromatic heterocycles. The molecule has 41 heavy (non-hydrogen) atoms. The van der Waals surface area contributed by atoms with Gasteiger partial charge >= 0.3 is 6.18 Å². The van der Waals surface area contributed by atoms with E-state index in [-0.39, 0.29) is 41.4 Å². The molecule has 5 rings (SSSR count). The average molecular weight is 568 g/mol. The second-order valence-corrected chi connectivity index (χ2v) is 9.31. The van der Waals surface area contributed by atoms with Crippen LogP contribution in [0.25, 0.3) is 11.3 Å². The van der Waals surface area contributed by atoms with Gasteiger partial charge in [0.2, 0.25) is 0 Å². The number of nitrogens with two attached hydrogens (primary N) is 1. The molecule has 2 aromatic carbocycles. The lowest BCUT2D eigenvalue weighted by Gasteiger charge is -2.15. The number of nitrogen functional groups attached to an aromatic ring is 1. The van der Waals surface area contributed by atoms with Crippen LogP contribution in [-0.2, 0) is 12.7 Å². The number of hydrogen-bond acceptors (Lipinski definition) is 8. The number of carbonyl (C=O) groups is 1. The maximum atomic E-state index is 13.4. The molecule has 9 nitrogen and oxygen atoms in total. The Morgan fingerprint density at radius 3 is 2.51 bits per heavy atom. The van der Waals surface area contributed by atoms with Crippen molar-refractivity contribution in [2.75, 3.05) is 29.5 Å². The SMILES string of the molecule is Nc1ncc(-c2ccc(CNc3ncc(C(F)(F)F)cc3C(=O)Nc3ccc(F)cc3)cc2)nc1O[C@@H]1CCNC1. The standard InChI is InChI=1S/C28H25F4N7O2/c29-19-5-7-20(8-6-19)38-26(40)22-11-18(28(30,31)32)13-37-25(22)36-12-16-1-3-17(4-2-16)23-15-35-24(33)27(39-23)41-21-9-10-34-14-21/h1-8,11,13,15,21,34H,9-10,12,14H2,(H2,33,35)(H,36,37)(H,38,40)/t21-/m1/s1. The molecule has 0 unspecified atom stereocenters. The van der Waals surface area contributed by atoms with Crippen molar-refractivity contribution in [3.05, 3.63) is 89.5 Å². The summed E-state index contributed by atoms with van der Waals surface area (Å²) >= 11 is 0. The van der Waals surface area contributed by atoms with Crippen molar-refractivity contribution < 1.29 is 27.1 Å². The quantitative estimate of drug-likeness (QED) is 0.222. The van der Waals surface area contributed by atoms with Gasteiger partial charge in [0.05, 0.1) is 23.0 Å². The van der Waals surface area contributed by atoms with E-state index in [0.29, 0.717) is 18.4 Å². The van der Waals surface area contributed by atoms with Gasteiger partial charge in [-0.3, -0.25) is 4.79 Å². The largest absolute Gasteiger partial charge is 0.470 e. The fourth-order valence-corrected chi connectivity index (χ4v) is 4.14. The lowest BCUT2D eigenvalue weighted by atomic mass is 10.1. The Balaban J connectivity index is 1.31. The summed E-state index contributed by atoms with van der Waals surface area (Å²) in [7, 11) is 0. The predicted octanol–water partition coefficient (Wildman–Crippen LogP) is 4.88. The summed E-state index contributed by atoms with van der Waals surface area (Å²) in [6.07, 6.45) is -1.69. The normalized spacial score (nSPS) is 15.0. The molecule has 1 saturated heterocycles. The monoisotopic (exact) mass is 567 g/mol. The smallest absolute Gasteiger partial charge is 0.417 e. The number of carbonyl (C=O) groups excluding carboxylic acids is 1. The minimum absolute atomic E-state index is 0.0308. The maximum Gasteiger partial charge on any atom is 0.417 e. The maximum absolute atomic E-state index is 13.4. The van der Waals surface area contributed by atoms with E-state index in [4.69, 9.17) is 10.5 Å². The molecule has 13 heteroatoms. The van der Waals surface area contributed by atoms with Crippen LogP contribution < -0.4 is 26.4 Å². The van der Waals surface area contributed by atoms with Gasteiger partial charge in [-0.05, 0) is 48.9 Å². The summed E-state index contributed by atoms with van der Waals surface area (Å²) in [5, 5.41) is 8.61. The number of aromatic nitrogens is 3. The molecular weight excluding hydrogens is 542 g/mol. The van der Waals surface area contributed by atoms with Crippen LogP contribution >= 0.6 is 0 Å². The van der Waals surface area contributed by atoms with Gasteiger partial charge in [0.1, 0.15) is 17.7 Å². The molecule has 1 fully saturated rings. The van der Waals surface area contributed by atoms with Crippen LogP contribution in [0.4, 0.5) is 34.9 Å². The summed E-state index contributed by atoms with van der Waals surface area (Å²) in [4.78, 5) is 25.4. The van der Waals surface area contributed by atoms with E-state index < -0.39 is 23.5 Å². The molecule has 3 heterocycles. The highest BCUT2D eigenvalue weighted by Crippen LogP contribution is 2.31. The van der Waals surface area contributed by atoms with Crippen molar-refractivity contribution in [2.45, 2.75) is 25.2 Å². The van der Waals surface area contributed by atoms with E-state index in [9.17, 15) is 22.4 Å². The van der Waals surface area contributed by atoms with E-state index in [1.54, 1.807) is 30.5 Å². The van der Waals surface area contributed by atoms with Crippen LogP contribution in [0.15, 0.2) is 67.0 Å². The first kappa shape index (κ1) is 27.8. The highest BCUT2D eigenvalue weighted by atomic mass is 19.4. The molecule has 0 spiro atoms. The topological polar surface area (TPSA) is 127 Å². The van der Waals surface area contributed by atoms with Crippen LogP contribution in [0.3, 0.4) is 0 Å². The Kier molecular flexibility index (Phi) is 7.97. The molecule has 212 valence electrons. The molecule has 0 radical (unpaired) electrons. The third-order valence-electron chi connectivity index (χ3n) is 6.33. The number of benzene rings is 2. The number of halogens is 4. The van der Waals surface area contributed by atoms with Crippen molar-refractivity contribution >= 4 is 23.2 Å². The molecule has 1 aliphatic heterocycles. The van der Waals surface area contributed by atoms with Crippen molar-refractivity contribution in [3.63, 3.8) is 0 Å². The molecule has 0 saturated carbocycles. The minimum Gasteiger partial charge on any atom is -0.470 e. The summed E-state index contributed by atoms with van der Waals surface area (Å²) in [6, 6.07) is 12.8. The molecule has 1 aliphatic rings. The van der Waals surface area contributed by atoms with Gasteiger partial charge in [0.25, 0.3) is 11.8 Å². The number of rotatable bonds is 8. The third kappa shape index (κ3) is 6.87. The molecule has 0 aliphatic carbocycles. The Bertz CT molecular complexity index is 1520. The van der Waals surface area contributed by atoms with E-state index in [1.807, 2.05) is 0 Å². The Morgan fingerprint density at radius 1 is 1.07 bits per heavy atom. The van der Waals surface area contributed by atoms with Crippen molar-refractivity contribution in [1.82, 2.24) is 20.3 Å². The number of amides is 1. The molecule has 1 atom stereocenters. The van der Waals surface area contributed by atoms with Gasteiger partial charge in [-0.1, -0.05) is 24.3 Å². The van der Waals surface area contributed by atoms with Crippen molar-refractivity contribution in [2.24, 2.45) is 0 Å². The van der Waals surface area contributed by atoms with Gasteiger partial charge in [-0.25, -0.2) is 19.3 Å². The second-order valence-electron chi connectivity index (χ2n) is 9.31. The number of hydrogen-bond donors (Lipinski definition) is 4. The molecule has 1 amide bonds. The number of anilines is 3. The molecule has 4 aromatic rings. The number of pyridine rings is 1. The average Bonchev–Trinajstić information content (AvgIpc) is 3.47. The molecule has 0 bridgehead atoms. The van der Waals surface area contributed by atoms with E-state index in [0.717, 1.165) is 42.3 Å². The second kappa shape index (κ2) is 11.8. The first-order valence-corrected chi connectivity index (χ1v) is 12.6. The van der Waals surface area contributed by atoms with Crippen molar-refractivity contribution in [1.29, 1.82) is 0 Å². The first-order chi connectivity index (χ1) is 19.7. The van der Waals surface area contributed by atoms with E-state index >= 15 is 0 Å². The summed E-state index contributed by atoms with van der Waals surface area (Å²) in [5.41, 5.74) is 6.84. The lowest BCUT2D eigenvalue weighted by molar-refractivity contribution is -0.137. The zero-order valence-corrected chi connectivity index (χ0v) is 21.5. The third-order valence-corrected chi connectivity index (χ3v) is 6.33. The Labute approximate surface area is 232 Å². The van der Waals surface area contributed by atoms with E-state index in [1.165, 1.54) is 12.1 Å². The zero-order chi connectivity index (χ0) is 29.0. The number of alkyl halides is 3. The highest BCUT2D eigenvalue weighted by molar-refractivity contribution is 6.07. The van der Waals surface area contributed by atoms with Gasteiger partial charge in [-0.15, -0.1) is 0 Å². The van der Waals surface area contributed by atoms with Crippen LogP contribution in [-0.4, -0.2) is 40.1 Å². The van der Waals surface area contributed by atoms with Gasteiger partial charge < -0.3 is 26.4 Å². The van der Waals surface area contributed by atoms with Crippen LogP contribution in [0, 0.1) is 5.82 Å². The van der Waals surface area contributed by atoms with Gasteiger partial charge in [-0.2, -0.15) is 13.2 Å². The fraction of sp³-hybridized carbons (Fsp3) is 0.214. The number of nitrogens with one attached hydrogen (secondary N) is 3. The van der Waals surface area contributed by atoms with E-state index in [2.05, 4.69) is 30.9 Å². The Morgan fingerprint density at radius 2 is 1.83 bits per heavy atom. The molecular formula is C28H25F4N7O2. The zero-order valence-electron chi connectivity index (χ0n) is 21.5. The van der Waals surface area contributed by atoms with Gasteiger partial charge in [0.15, 0.2) is 5.82 Å². The molecule has 5 N–H and O–H groups in total. The highest BCUT2D eigenvalue weighted by Gasteiger charge is 2.32. The summed E-state index contributed by atoms with van der Waals surface area (Å²) in [5.74, 6) is -0.932. The summed E-state index contributed by atoms with van der Waals surface area (Å²) in [6.45, 7) is 1.72. The predicted molar refractivity (Wildman–Crippen MR) is 145 cm³/mol. The Hall–Kier alpha value is -4.78. The lowest BCUT2D eigenvalue weighted by Crippen LogP contribution is -2.21. The number of ether oxygens (including phenoxy) is 1. The van der Waals surface area contributed by atoms with Crippen molar-refractivity contribution in [3.8, 4) is 17.1 Å².